The van der Waals surface area contributed by atoms with Crippen LogP contribution in [0.5, 0.6) is 0 Å². The van der Waals surface area contributed by atoms with E-state index in [-0.39, 0.29) is 24.8 Å². The van der Waals surface area contributed by atoms with Crippen LogP contribution in [0.25, 0.3) is 0 Å². The maximum atomic E-state index is 12.6. The Kier molecular flexibility index (Phi) is 6.29. The van der Waals surface area contributed by atoms with Crippen molar-refractivity contribution in [1.29, 1.82) is 0 Å². The molecule has 120 valence electrons. The molecule has 0 atom stereocenters. The molecule has 0 unspecified atom stereocenters. The zero-order chi connectivity index (χ0) is 16.7. The average Bonchev–Trinajstić information content (AvgIpc) is 2.57. The predicted molar refractivity (Wildman–Crippen MR) is 89.9 cm³/mol. The number of ketones is 1. The Morgan fingerprint density at radius 3 is 2.52 bits per heavy atom. The summed E-state index contributed by atoms with van der Waals surface area (Å²) in [5, 5.41) is 14.6. The Hall–Kier alpha value is -2.21. The normalized spacial score (nSPS) is 10.3. The Bertz CT molecular complexity index is 689. The lowest BCUT2D eigenvalue weighted by Crippen LogP contribution is -2.30. The second-order valence-electron chi connectivity index (χ2n) is 4.83. The maximum absolute atomic E-state index is 12.6. The van der Waals surface area contributed by atoms with Crippen molar-refractivity contribution < 1.29 is 14.7 Å². The van der Waals surface area contributed by atoms with Crippen molar-refractivity contribution >= 4 is 29.0 Å². The highest BCUT2D eigenvalue weighted by Gasteiger charge is 2.15. The zero-order valence-corrected chi connectivity index (χ0v) is 13.1. The van der Waals surface area contributed by atoms with Gasteiger partial charge in [0, 0.05) is 22.7 Å². The molecule has 0 saturated heterocycles. The number of benzene rings is 2. The molecule has 0 aliphatic rings. The zero-order valence-electron chi connectivity index (χ0n) is 12.4. The van der Waals surface area contributed by atoms with Crippen LogP contribution < -0.4 is 10.6 Å². The van der Waals surface area contributed by atoms with Crippen molar-refractivity contribution in [2.45, 2.75) is 0 Å². The van der Waals surface area contributed by atoms with E-state index in [1.807, 2.05) is 6.07 Å². The first-order chi connectivity index (χ1) is 11.1. The molecule has 23 heavy (non-hydrogen) atoms. The van der Waals surface area contributed by atoms with Crippen LogP contribution in [0.2, 0.25) is 5.02 Å². The first kappa shape index (κ1) is 17.1. The van der Waals surface area contributed by atoms with Crippen molar-refractivity contribution in [1.82, 2.24) is 5.32 Å². The molecular formula is C17H17ClN2O3. The van der Waals surface area contributed by atoms with Gasteiger partial charge in [-0.2, -0.15) is 0 Å². The minimum absolute atomic E-state index is 0.0438. The second-order valence-corrected chi connectivity index (χ2v) is 5.27. The second kappa shape index (κ2) is 8.43. The summed E-state index contributed by atoms with van der Waals surface area (Å²) < 4.78 is 0. The molecule has 0 aromatic heterocycles. The van der Waals surface area contributed by atoms with Crippen molar-refractivity contribution in [3.8, 4) is 0 Å². The van der Waals surface area contributed by atoms with E-state index in [9.17, 15) is 9.59 Å². The summed E-state index contributed by atoms with van der Waals surface area (Å²) in [5.74, 6) is -0.519. The SMILES string of the molecule is O=C(CNCCO)Nc1ccc(Cl)cc1C(=O)c1ccccc1. The molecule has 0 spiro atoms. The number of hydrogen-bond acceptors (Lipinski definition) is 4. The van der Waals surface area contributed by atoms with Gasteiger partial charge in [0.25, 0.3) is 0 Å². The molecule has 0 bridgehead atoms. The number of carbonyl (C=O) groups excluding carboxylic acids is 2. The number of nitrogens with one attached hydrogen (secondary N) is 2. The van der Waals surface area contributed by atoms with Crippen LogP contribution >= 0.6 is 11.6 Å². The highest BCUT2D eigenvalue weighted by atomic mass is 35.5. The van der Waals surface area contributed by atoms with Crippen molar-refractivity contribution in [2.75, 3.05) is 25.0 Å². The van der Waals surface area contributed by atoms with Crippen LogP contribution in [0.3, 0.4) is 0 Å². The number of aliphatic hydroxyl groups is 1. The van der Waals surface area contributed by atoms with Gasteiger partial charge in [-0.3, -0.25) is 9.59 Å². The maximum Gasteiger partial charge on any atom is 0.238 e. The smallest absolute Gasteiger partial charge is 0.238 e. The molecule has 0 fully saturated rings. The lowest BCUT2D eigenvalue weighted by Gasteiger charge is -2.11. The molecule has 6 heteroatoms. The van der Waals surface area contributed by atoms with Gasteiger partial charge in [0.15, 0.2) is 5.78 Å². The monoisotopic (exact) mass is 332 g/mol. The summed E-state index contributed by atoms with van der Waals surface area (Å²) in [4.78, 5) is 24.5. The summed E-state index contributed by atoms with van der Waals surface area (Å²) in [6.07, 6.45) is 0. The Labute approximate surface area is 139 Å². The fourth-order valence-corrected chi connectivity index (χ4v) is 2.21. The molecule has 0 aliphatic heterocycles. The van der Waals surface area contributed by atoms with Gasteiger partial charge in [0.05, 0.1) is 18.8 Å². The van der Waals surface area contributed by atoms with Crippen LogP contribution in [-0.2, 0) is 4.79 Å². The minimum Gasteiger partial charge on any atom is -0.395 e. The largest absolute Gasteiger partial charge is 0.395 e. The van der Waals surface area contributed by atoms with E-state index in [2.05, 4.69) is 10.6 Å². The molecule has 1 amide bonds. The van der Waals surface area contributed by atoms with E-state index in [0.717, 1.165) is 0 Å². The van der Waals surface area contributed by atoms with E-state index in [0.29, 0.717) is 28.4 Å². The molecule has 0 aliphatic carbocycles. The molecular weight excluding hydrogens is 316 g/mol. The summed E-state index contributed by atoms with van der Waals surface area (Å²) in [5.41, 5.74) is 1.25. The lowest BCUT2D eigenvalue weighted by molar-refractivity contribution is -0.115. The molecule has 3 N–H and O–H groups in total. The Morgan fingerprint density at radius 2 is 1.83 bits per heavy atom. The number of carbonyl (C=O) groups is 2. The van der Waals surface area contributed by atoms with Crippen LogP contribution in [0.4, 0.5) is 5.69 Å². The van der Waals surface area contributed by atoms with Crippen molar-refractivity contribution in [3.05, 3.63) is 64.7 Å². The first-order valence-electron chi connectivity index (χ1n) is 7.12. The Morgan fingerprint density at radius 1 is 1.09 bits per heavy atom. The van der Waals surface area contributed by atoms with E-state index in [1.54, 1.807) is 36.4 Å². The van der Waals surface area contributed by atoms with E-state index >= 15 is 0 Å². The van der Waals surface area contributed by atoms with Crippen LogP contribution in [0, 0.1) is 0 Å². The van der Waals surface area contributed by atoms with Gasteiger partial charge in [-0.25, -0.2) is 0 Å². The van der Waals surface area contributed by atoms with Crippen molar-refractivity contribution in [3.63, 3.8) is 0 Å². The number of amides is 1. The van der Waals surface area contributed by atoms with Gasteiger partial charge in [0.2, 0.25) is 5.91 Å². The first-order valence-corrected chi connectivity index (χ1v) is 7.50. The van der Waals surface area contributed by atoms with E-state index in [1.165, 1.54) is 6.07 Å². The van der Waals surface area contributed by atoms with E-state index < -0.39 is 0 Å². The molecule has 2 aromatic rings. The van der Waals surface area contributed by atoms with Gasteiger partial charge in [-0.05, 0) is 18.2 Å². The highest BCUT2D eigenvalue weighted by Crippen LogP contribution is 2.23. The summed E-state index contributed by atoms with van der Waals surface area (Å²) in [7, 11) is 0. The average molecular weight is 333 g/mol. The number of halogens is 1. The summed E-state index contributed by atoms with van der Waals surface area (Å²) >= 11 is 5.98. The highest BCUT2D eigenvalue weighted by molar-refractivity contribution is 6.31. The molecule has 2 rings (SSSR count). The number of rotatable bonds is 7. The summed E-state index contributed by atoms with van der Waals surface area (Å²) in [6.45, 7) is 0.317. The summed E-state index contributed by atoms with van der Waals surface area (Å²) in [6, 6.07) is 13.5. The Balaban J connectivity index is 2.21. The topological polar surface area (TPSA) is 78.4 Å². The third-order valence-corrected chi connectivity index (χ3v) is 3.35. The van der Waals surface area contributed by atoms with Crippen LogP contribution in [-0.4, -0.2) is 36.5 Å². The van der Waals surface area contributed by atoms with Gasteiger partial charge in [-0.15, -0.1) is 0 Å². The van der Waals surface area contributed by atoms with Gasteiger partial charge in [0.1, 0.15) is 0 Å². The third-order valence-electron chi connectivity index (χ3n) is 3.11. The van der Waals surface area contributed by atoms with Gasteiger partial charge in [-0.1, -0.05) is 41.9 Å². The van der Waals surface area contributed by atoms with Crippen molar-refractivity contribution in [2.24, 2.45) is 0 Å². The quantitative estimate of drug-likeness (QED) is 0.536. The molecule has 2 aromatic carbocycles. The van der Waals surface area contributed by atoms with Gasteiger partial charge < -0.3 is 15.7 Å². The number of anilines is 1. The molecule has 0 saturated carbocycles. The van der Waals surface area contributed by atoms with Crippen LogP contribution in [0.1, 0.15) is 15.9 Å². The standard InChI is InChI=1S/C17H17ClN2O3/c18-13-6-7-15(20-16(22)11-19-8-9-21)14(10-13)17(23)12-4-2-1-3-5-12/h1-7,10,19,21H,8-9,11H2,(H,20,22). The molecule has 5 nitrogen and oxygen atoms in total. The fourth-order valence-electron chi connectivity index (χ4n) is 2.03. The third kappa shape index (κ3) is 4.89. The molecule has 0 heterocycles. The van der Waals surface area contributed by atoms with Crippen LogP contribution in [0.15, 0.2) is 48.5 Å². The fraction of sp³-hybridized carbons (Fsp3) is 0.176. The lowest BCUT2D eigenvalue weighted by atomic mass is 10.0. The minimum atomic E-state index is -0.303. The number of hydrogen-bond donors (Lipinski definition) is 3. The molecule has 0 radical (unpaired) electrons. The predicted octanol–water partition coefficient (Wildman–Crippen LogP) is 2.09. The van der Waals surface area contributed by atoms with Gasteiger partial charge >= 0.3 is 0 Å². The number of aliphatic hydroxyl groups excluding tert-OH is 1. The van der Waals surface area contributed by atoms with E-state index in [4.69, 9.17) is 16.7 Å².